The molecule has 4 nitrogen and oxygen atoms in total. The molecule has 0 aromatic carbocycles. The highest BCUT2D eigenvalue weighted by atomic mass is 35.5. The number of thiazole rings is 1. The molecule has 0 spiro atoms. The van der Waals surface area contributed by atoms with E-state index in [0.717, 1.165) is 36.6 Å². The first-order valence-electron chi connectivity index (χ1n) is 6.02. The number of halogens is 1. The van der Waals surface area contributed by atoms with Crippen LogP contribution in [0.3, 0.4) is 0 Å². The van der Waals surface area contributed by atoms with Crippen molar-refractivity contribution in [1.82, 2.24) is 15.2 Å². The molecule has 0 atom stereocenters. The van der Waals surface area contributed by atoms with Gasteiger partial charge in [0.05, 0.1) is 18.0 Å². The predicted octanol–water partition coefficient (Wildman–Crippen LogP) is 1.88. The lowest BCUT2D eigenvalue weighted by Gasteiger charge is -2.09. The van der Waals surface area contributed by atoms with Gasteiger partial charge in [-0.25, -0.2) is 4.98 Å². The number of alkyl halides is 1. The SMILES string of the molecule is CN(C)CCCCNC(=O)Cc1nc(CCl)cs1. The van der Waals surface area contributed by atoms with Gasteiger partial charge in [-0.3, -0.25) is 4.79 Å². The third-order valence-electron chi connectivity index (χ3n) is 2.40. The number of nitrogens with one attached hydrogen (secondary N) is 1. The Morgan fingerprint density at radius 3 is 2.89 bits per heavy atom. The lowest BCUT2D eigenvalue weighted by molar-refractivity contribution is -0.120. The standard InChI is InChI=1S/C12H20ClN3OS/c1-16(2)6-4-3-5-14-11(17)7-12-15-10(8-13)9-18-12/h9H,3-8H2,1-2H3,(H,14,17). The Labute approximate surface area is 117 Å². The smallest absolute Gasteiger partial charge is 0.226 e. The van der Waals surface area contributed by atoms with Gasteiger partial charge in [-0.05, 0) is 33.5 Å². The minimum absolute atomic E-state index is 0.0373. The molecule has 0 unspecified atom stereocenters. The maximum absolute atomic E-state index is 11.6. The molecule has 1 heterocycles. The molecular weight excluding hydrogens is 270 g/mol. The van der Waals surface area contributed by atoms with Crippen LogP contribution in [0.2, 0.25) is 0 Å². The molecule has 0 aliphatic carbocycles. The molecule has 0 fully saturated rings. The van der Waals surface area contributed by atoms with E-state index in [1.165, 1.54) is 11.3 Å². The van der Waals surface area contributed by atoms with E-state index in [0.29, 0.717) is 12.3 Å². The average molecular weight is 290 g/mol. The normalized spacial score (nSPS) is 10.9. The van der Waals surface area contributed by atoms with E-state index in [2.05, 4.69) is 29.3 Å². The highest BCUT2D eigenvalue weighted by Crippen LogP contribution is 2.11. The number of aromatic nitrogens is 1. The van der Waals surface area contributed by atoms with E-state index in [1.54, 1.807) is 0 Å². The van der Waals surface area contributed by atoms with E-state index < -0.39 is 0 Å². The summed E-state index contributed by atoms with van der Waals surface area (Å²) in [6.45, 7) is 1.79. The minimum atomic E-state index is 0.0373. The molecule has 1 N–H and O–H groups in total. The van der Waals surface area contributed by atoms with Crippen LogP contribution in [-0.2, 0) is 17.1 Å². The van der Waals surface area contributed by atoms with E-state index in [-0.39, 0.29) is 5.91 Å². The topological polar surface area (TPSA) is 45.2 Å². The third-order valence-corrected chi connectivity index (χ3v) is 3.57. The molecule has 1 amide bonds. The van der Waals surface area contributed by atoms with E-state index >= 15 is 0 Å². The van der Waals surface area contributed by atoms with Crippen molar-refractivity contribution in [3.63, 3.8) is 0 Å². The van der Waals surface area contributed by atoms with Crippen LogP contribution in [0.25, 0.3) is 0 Å². The van der Waals surface area contributed by atoms with Crippen molar-refractivity contribution in [2.24, 2.45) is 0 Å². The molecular formula is C12H20ClN3OS. The number of carbonyl (C=O) groups is 1. The average Bonchev–Trinajstić information content (AvgIpc) is 2.76. The zero-order valence-electron chi connectivity index (χ0n) is 10.9. The van der Waals surface area contributed by atoms with Gasteiger partial charge < -0.3 is 10.2 Å². The molecule has 0 bridgehead atoms. The van der Waals surface area contributed by atoms with Crippen LogP contribution in [0, 0.1) is 0 Å². The van der Waals surface area contributed by atoms with Crippen molar-refractivity contribution in [3.8, 4) is 0 Å². The number of rotatable bonds is 8. The maximum atomic E-state index is 11.6. The van der Waals surface area contributed by atoms with Crippen LogP contribution in [0.4, 0.5) is 0 Å². The fourth-order valence-corrected chi connectivity index (χ4v) is 2.49. The van der Waals surface area contributed by atoms with Crippen molar-refractivity contribution >= 4 is 28.8 Å². The number of carbonyl (C=O) groups excluding carboxylic acids is 1. The number of hydrogen-bond acceptors (Lipinski definition) is 4. The summed E-state index contributed by atoms with van der Waals surface area (Å²) in [6.07, 6.45) is 2.46. The van der Waals surface area contributed by atoms with Crippen LogP contribution in [-0.4, -0.2) is 43.0 Å². The van der Waals surface area contributed by atoms with E-state index in [1.807, 2.05) is 5.38 Å². The fourth-order valence-electron chi connectivity index (χ4n) is 1.47. The Balaban J connectivity index is 2.13. The zero-order valence-corrected chi connectivity index (χ0v) is 12.5. The summed E-state index contributed by atoms with van der Waals surface area (Å²) in [7, 11) is 4.10. The number of nitrogens with zero attached hydrogens (tertiary/aromatic N) is 2. The molecule has 1 aromatic heterocycles. The molecule has 6 heteroatoms. The predicted molar refractivity (Wildman–Crippen MR) is 76.2 cm³/mol. The van der Waals surface area contributed by atoms with Gasteiger partial charge >= 0.3 is 0 Å². The van der Waals surface area contributed by atoms with Gasteiger partial charge in [0.15, 0.2) is 0 Å². The van der Waals surface area contributed by atoms with Crippen molar-refractivity contribution in [3.05, 3.63) is 16.1 Å². The highest BCUT2D eigenvalue weighted by molar-refractivity contribution is 7.09. The third kappa shape index (κ3) is 6.33. The molecule has 0 saturated heterocycles. The van der Waals surface area contributed by atoms with Crippen LogP contribution in [0.15, 0.2) is 5.38 Å². The quantitative estimate of drug-likeness (QED) is 0.587. The van der Waals surface area contributed by atoms with Gasteiger partial charge in [0.1, 0.15) is 5.01 Å². The fraction of sp³-hybridized carbons (Fsp3) is 0.667. The number of unbranched alkanes of at least 4 members (excludes halogenated alkanes) is 1. The highest BCUT2D eigenvalue weighted by Gasteiger charge is 2.07. The second-order valence-electron chi connectivity index (χ2n) is 4.40. The molecule has 1 rings (SSSR count). The van der Waals surface area contributed by atoms with Gasteiger partial charge in [0.25, 0.3) is 0 Å². The molecule has 1 aromatic rings. The van der Waals surface area contributed by atoms with Gasteiger partial charge in [-0.1, -0.05) is 0 Å². The Morgan fingerprint density at radius 1 is 1.50 bits per heavy atom. The van der Waals surface area contributed by atoms with Crippen molar-refractivity contribution in [1.29, 1.82) is 0 Å². The Bertz CT molecular complexity index is 368. The zero-order chi connectivity index (χ0) is 13.4. The summed E-state index contributed by atoms with van der Waals surface area (Å²) in [4.78, 5) is 18.0. The summed E-state index contributed by atoms with van der Waals surface area (Å²) >= 11 is 7.15. The lowest BCUT2D eigenvalue weighted by atomic mass is 10.3. The van der Waals surface area contributed by atoms with E-state index in [4.69, 9.17) is 11.6 Å². The van der Waals surface area contributed by atoms with Crippen molar-refractivity contribution in [2.45, 2.75) is 25.1 Å². The summed E-state index contributed by atoms with van der Waals surface area (Å²) in [5.41, 5.74) is 0.843. The first-order valence-corrected chi connectivity index (χ1v) is 7.44. The molecule has 0 aliphatic heterocycles. The molecule has 18 heavy (non-hydrogen) atoms. The minimum Gasteiger partial charge on any atom is -0.356 e. The Kier molecular flexibility index (Phi) is 7.23. The largest absolute Gasteiger partial charge is 0.356 e. The first kappa shape index (κ1) is 15.4. The second kappa shape index (κ2) is 8.45. The molecule has 102 valence electrons. The monoisotopic (exact) mass is 289 g/mol. The molecule has 0 aliphatic rings. The van der Waals surface area contributed by atoms with Gasteiger partial charge in [-0.15, -0.1) is 22.9 Å². The van der Waals surface area contributed by atoms with Gasteiger partial charge in [-0.2, -0.15) is 0 Å². The Hall–Kier alpha value is -0.650. The van der Waals surface area contributed by atoms with Gasteiger partial charge in [0.2, 0.25) is 5.91 Å². The van der Waals surface area contributed by atoms with Crippen LogP contribution >= 0.6 is 22.9 Å². The number of hydrogen-bond donors (Lipinski definition) is 1. The summed E-state index contributed by atoms with van der Waals surface area (Å²) in [5.74, 6) is 0.443. The summed E-state index contributed by atoms with van der Waals surface area (Å²) in [6, 6.07) is 0. The maximum Gasteiger partial charge on any atom is 0.226 e. The second-order valence-corrected chi connectivity index (χ2v) is 5.61. The van der Waals surface area contributed by atoms with Crippen LogP contribution in [0.5, 0.6) is 0 Å². The Morgan fingerprint density at radius 2 is 2.28 bits per heavy atom. The number of amides is 1. The van der Waals surface area contributed by atoms with Crippen molar-refractivity contribution < 1.29 is 4.79 Å². The summed E-state index contributed by atoms with van der Waals surface area (Å²) in [5, 5.41) is 5.63. The first-order chi connectivity index (χ1) is 8.61. The van der Waals surface area contributed by atoms with Crippen molar-refractivity contribution in [2.75, 3.05) is 27.2 Å². The van der Waals surface area contributed by atoms with Gasteiger partial charge in [0, 0.05) is 11.9 Å². The van der Waals surface area contributed by atoms with Crippen LogP contribution in [0.1, 0.15) is 23.5 Å². The molecule has 0 saturated carbocycles. The lowest BCUT2D eigenvalue weighted by Crippen LogP contribution is -2.26. The summed E-state index contributed by atoms with van der Waals surface area (Å²) < 4.78 is 0. The van der Waals surface area contributed by atoms with E-state index in [9.17, 15) is 4.79 Å². The van der Waals surface area contributed by atoms with Crippen LogP contribution < -0.4 is 5.32 Å². The molecule has 0 radical (unpaired) electrons.